The third-order valence-electron chi connectivity index (χ3n) is 3.11. The van der Waals surface area contributed by atoms with Crippen molar-refractivity contribution < 1.29 is 4.79 Å². The molecule has 0 atom stereocenters. The number of anilines is 1. The van der Waals surface area contributed by atoms with Crippen LogP contribution in [0.5, 0.6) is 0 Å². The number of halogens is 1. The quantitative estimate of drug-likeness (QED) is 0.610. The summed E-state index contributed by atoms with van der Waals surface area (Å²) in [5, 5.41) is 0. The van der Waals surface area contributed by atoms with Gasteiger partial charge in [0.2, 0.25) is 0 Å². The van der Waals surface area contributed by atoms with Crippen molar-refractivity contribution in [2.75, 3.05) is 18.0 Å². The summed E-state index contributed by atoms with van der Waals surface area (Å²) in [6.45, 7) is 5.67. The molecule has 3 heteroatoms. The molecular formula is C14H16BrNO. The van der Waals surface area contributed by atoms with Crippen molar-refractivity contribution >= 4 is 27.4 Å². The largest absolute Gasteiger partial charge is 0.367 e. The fourth-order valence-electron chi connectivity index (χ4n) is 2.06. The summed E-state index contributed by atoms with van der Waals surface area (Å²) in [5.41, 5.74) is 3.28. The molecular weight excluding hydrogens is 278 g/mol. The lowest BCUT2D eigenvalue weighted by atomic mass is 10.1. The van der Waals surface area contributed by atoms with E-state index in [1.54, 1.807) is 6.92 Å². The lowest BCUT2D eigenvalue weighted by Crippen LogP contribution is -2.29. The lowest BCUT2D eigenvalue weighted by Gasteiger charge is -2.29. The molecule has 0 saturated heterocycles. The van der Waals surface area contributed by atoms with Gasteiger partial charge in [-0.2, -0.15) is 0 Å². The van der Waals surface area contributed by atoms with Gasteiger partial charge < -0.3 is 4.90 Å². The average Bonchev–Trinajstić information content (AvgIpc) is 2.30. The molecule has 1 aromatic rings. The molecule has 0 saturated carbocycles. The first-order valence-electron chi connectivity index (χ1n) is 5.79. The van der Waals surface area contributed by atoms with Gasteiger partial charge >= 0.3 is 0 Å². The maximum absolute atomic E-state index is 11.7. The van der Waals surface area contributed by atoms with Crippen LogP contribution >= 0.6 is 15.9 Å². The minimum absolute atomic E-state index is 0.118. The van der Waals surface area contributed by atoms with E-state index < -0.39 is 0 Å². The smallest absolute Gasteiger partial charge is 0.161 e. The highest BCUT2D eigenvalue weighted by molar-refractivity contribution is 9.10. The van der Waals surface area contributed by atoms with Crippen molar-refractivity contribution in [1.29, 1.82) is 0 Å². The van der Waals surface area contributed by atoms with Crippen LogP contribution in [0, 0.1) is 0 Å². The molecule has 0 N–H and O–H groups in total. The monoisotopic (exact) mass is 293 g/mol. The van der Waals surface area contributed by atoms with Gasteiger partial charge in [0, 0.05) is 28.8 Å². The van der Waals surface area contributed by atoms with Gasteiger partial charge in [0.25, 0.3) is 0 Å². The summed E-state index contributed by atoms with van der Waals surface area (Å²) in [7, 11) is 0. The van der Waals surface area contributed by atoms with Gasteiger partial charge in [-0.15, -0.1) is 0 Å². The van der Waals surface area contributed by atoms with Crippen LogP contribution in [0.1, 0.15) is 30.6 Å². The highest BCUT2D eigenvalue weighted by Gasteiger charge is 2.16. The number of nitrogens with zero attached hydrogens (tertiary/aromatic N) is 1. The van der Waals surface area contributed by atoms with E-state index in [0.717, 1.165) is 35.2 Å². The maximum Gasteiger partial charge on any atom is 0.161 e. The van der Waals surface area contributed by atoms with Gasteiger partial charge in [-0.1, -0.05) is 27.6 Å². The molecule has 1 aromatic carbocycles. The normalized spacial score (nSPS) is 15.7. The Morgan fingerprint density at radius 1 is 1.41 bits per heavy atom. The molecule has 0 spiro atoms. The first-order valence-corrected chi connectivity index (χ1v) is 6.58. The zero-order chi connectivity index (χ0) is 12.4. The van der Waals surface area contributed by atoms with Crippen LogP contribution in [0.15, 0.2) is 34.3 Å². The third-order valence-corrected chi connectivity index (χ3v) is 3.61. The van der Waals surface area contributed by atoms with E-state index in [0.29, 0.717) is 0 Å². The second kappa shape index (κ2) is 5.05. The zero-order valence-electron chi connectivity index (χ0n) is 10.2. The fraction of sp³-hybridized carbons (Fsp3) is 0.357. The van der Waals surface area contributed by atoms with Crippen molar-refractivity contribution in [2.45, 2.75) is 20.3 Å². The molecule has 0 aromatic heterocycles. The van der Waals surface area contributed by atoms with E-state index >= 15 is 0 Å². The molecule has 2 rings (SSSR count). The molecule has 0 bridgehead atoms. The molecule has 0 fully saturated rings. The van der Waals surface area contributed by atoms with Crippen LogP contribution in [0.2, 0.25) is 0 Å². The number of ketones is 1. The van der Waals surface area contributed by atoms with E-state index in [4.69, 9.17) is 0 Å². The first-order chi connectivity index (χ1) is 8.08. The van der Waals surface area contributed by atoms with Crippen molar-refractivity contribution in [2.24, 2.45) is 0 Å². The molecule has 1 aliphatic heterocycles. The average molecular weight is 294 g/mol. The van der Waals surface area contributed by atoms with Crippen molar-refractivity contribution in [3.63, 3.8) is 0 Å². The Labute approximate surface area is 110 Å². The summed E-state index contributed by atoms with van der Waals surface area (Å²) < 4.78 is 0.954. The number of carbonyl (C=O) groups excluding carboxylic acids is 1. The first kappa shape index (κ1) is 12.4. The standard InChI is InChI=1S/C14H16BrNO/c1-10-5-7-16(8-6-10)14-4-3-12(15)9-13(14)11(2)17/h3-5,9H,6-8H2,1-2H3. The molecule has 0 amide bonds. The van der Waals surface area contributed by atoms with E-state index in [2.05, 4.69) is 33.8 Å². The Kier molecular flexibility index (Phi) is 3.67. The van der Waals surface area contributed by atoms with Gasteiger partial charge in [-0.3, -0.25) is 4.79 Å². The third kappa shape index (κ3) is 2.78. The molecule has 17 heavy (non-hydrogen) atoms. The van der Waals surface area contributed by atoms with E-state index in [1.807, 2.05) is 18.2 Å². The van der Waals surface area contributed by atoms with Gasteiger partial charge in [-0.05, 0) is 38.5 Å². The Morgan fingerprint density at radius 2 is 2.18 bits per heavy atom. The van der Waals surface area contributed by atoms with E-state index in [9.17, 15) is 4.79 Å². The van der Waals surface area contributed by atoms with Crippen LogP contribution in [0.25, 0.3) is 0 Å². The Morgan fingerprint density at radius 3 is 2.76 bits per heavy atom. The number of hydrogen-bond donors (Lipinski definition) is 0. The number of rotatable bonds is 2. The van der Waals surface area contributed by atoms with Gasteiger partial charge in [0.15, 0.2) is 5.78 Å². The Hall–Kier alpha value is -1.09. The predicted molar refractivity (Wildman–Crippen MR) is 74.7 cm³/mol. The number of hydrogen-bond acceptors (Lipinski definition) is 2. The minimum Gasteiger partial charge on any atom is -0.367 e. The topological polar surface area (TPSA) is 20.3 Å². The molecule has 0 aliphatic carbocycles. The number of benzene rings is 1. The maximum atomic E-state index is 11.7. The second-order valence-corrected chi connectivity index (χ2v) is 5.38. The van der Waals surface area contributed by atoms with Crippen LogP contribution in [0.3, 0.4) is 0 Å². The highest BCUT2D eigenvalue weighted by Crippen LogP contribution is 2.27. The zero-order valence-corrected chi connectivity index (χ0v) is 11.8. The SMILES string of the molecule is CC(=O)c1cc(Br)ccc1N1CC=C(C)CC1. The van der Waals surface area contributed by atoms with Crippen molar-refractivity contribution in [1.82, 2.24) is 0 Å². The predicted octanol–water partition coefficient (Wildman–Crippen LogP) is 3.81. The number of carbonyl (C=O) groups is 1. The van der Waals surface area contributed by atoms with E-state index in [-0.39, 0.29) is 5.78 Å². The molecule has 0 radical (unpaired) electrons. The van der Waals surface area contributed by atoms with Crippen molar-refractivity contribution in [3.8, 4) is 0 Å². The molecule has 1 aliphatic rings. The molecule has 1 heterocycles. The van der Waals surface area contributed by atoms with Crippen LogP contribution in [-0.4, -0.2) is 18.9 Å². The minimum atomic E-state index is 0.118. The Balaban J connectivity index is 2.35. The molecule has 2 nitrogen and oxygen atoms in total. The van der Waals surface area contributed by atoms with E-state index in [1.165, 1.54) is 5.57 Å². The van der Waals surface area contributed by atoms with Gasteiger partial charge in [0.05, 0.1) is 0 Å². The second-order valence-electron chi connectivity index (χ2n) is 4.46. The lowest BCUT2D eigenvalue weighted by molar-refractivity contribution is 0.101. The molecule has 0 unspecified atom stereocenters. The summed E-state index contributed by atoms with van der Waals surface area (Å²) in [6.07, 6.45) is 3.31. The highest BCUT2D eigenvalue weighted by atomic mass is 79.9. The van der Waals surface area contributed by atoms with Gasteiger partial charge in [0.1, 0.15) is 0 Å². The summed E-state index contributed by atoms with van der Waals surface area (Å²) >= 11 is 3.42. The van der Waals surface area contributed by atoms with Crippen LogP contribution in [-0.2, 0) is 0 Å². The fourth-order valence-corrected chi connectivity index (χ4v) is 2.42. The molecule has 90 valence electrons. The van der Waals surface area contributed by atoms with Crippen molar-refractivity contribution in [3.05, 3.63) is 39.9 Å². The Bertz CT molecular complexity index is 479. The number of Topliss-reactive ketones (excluding diaryl/α,β-unsaturated/α-hetero) is 1. The van der Waals surface area contributed by atoms with Crippen LogP contribution < -0.4 is 4.90 Å². The van der Waals surface area contributed by atoms with Gasteiger partial charge in [-0.25, -0.2) is 0 Å². The van der Waals surface area contributed by atoms with Crippen LogP contribution in [0.4, 0.5) is 5.69 Å². The summed E-state index contributed by atoms with van der Waals surface area (Å²) in [6, 6.07) is 5.92. The summed E-state index contributed by atoms with van der Waals surface area (Å²) in [5.74, 6) is 0.118. The summed E-state index contributed by atoms with van der Waals surface area (Å²) in [4.78, 5) is 13.9.